The zero-order valence-electron chi connectivity index (χ0n) is 15.9. The highest BCUT2D eigenvalue weighted by Gasteiger charge is 2.06. The third kappa shape index (κ3) is 16.1. The van der Waals surface area contributed by atoms with Gasteiger partial charge in [-0.1, -0.05) is 77.6 Å². The molecular formula is C20H40O3. The minimum atomic E-state index is -0.0749. The molecule has 1 unspecified atom stereocenters. The molecule has 0 fully saturated rings. The average molecular weight is 329 g/mol. The molecule has 0 aliphatic heterocycles. The molecule has 0 heterocycles. The Morgan fingerprint density at radius 1 is 0.739 bits per heavy atom. The van der Waals surface area contributed by atoms with Gasteiger partial charge in [-0.2, -0.15) is 0 Å². The highest BCUT2D eigenvalue weighted by Crippen LogP contribution is 2.15. The minimum Gasteiger partial charge on any atom is -0.469 e. The van der Waals surface area contributed by atoms with Gasteiger partial charge in [-0.3, -0.25) is 4.79 Å². The Bertz CT molecular complexity index is 253. The number of ether oxygens (including phenoxy) is 2. The van der Waals surface area contributed by atoms with Gasteiger partial charge in [0.15, 0.2) is 0 Å². The molecule has 0 aliphatic rings. The summed E-state index contributed by atoms with van der Waals surface area (Å²) in [5.74, 6) is -0.0749. The summed E-state index contributed by atoms with van der Waals surface area (Å²) in [5.41, 5.74) is 0. The smallest absolute Gasteiger partial charge is 0.305 e. The number of esters is 1. The number of unbranched alkanes of at least 4 members (excludes halogenated alkanes) is 10. The fraction of sp³-hybridized carbons (Fsp3) is 0.950. The molecular weight excluding hydrogens is 288 g/mol. The monoisotopic (exact) mass is 328 g/mol. The Morgan fingerprint density at radius 2 is 1.22 bits per heavy atom. The summed E-state index contributed by atoms with van der Waals surface area (Å²) in [6.45, 7) is 2.25. The summed E-state index contributed by atoms with van der Waals surface area (Å²) in [4.78, 5) is 11.0. The Morgan fingerprint density at radius 3 is 1.70 bits per heavy atom. The maximum Gasteiger partial charge on any atom is 0.305 e. The molecule has 0 saturated carbocycles. The van der Waals surface area contributed by atoms with Gasteiger partial charge in [0.25, 0.3) is 0 Å². The molecule has 138 valence electrons. The molecule has 0 saturated heterocycles. The zero-order valence-corrected chi connectivity index (χ0v) is 15.9. The first kappa shape index (κ1) is 22.4. The van der Waals surface area contributed by atoms with Gasteiger partial charge in [0, 0.05) is 13.5 Å². The average Bonchev–Trinajstić information content (AvgIpc) is 2.57. The second-order valence-corrected chi connectivity index (χ2v) is 6.65. The molecule has 0 aromatic rings. The zero-order chi connectivity index (χ0) is 17.2. The number of carbonyl (C=O) groups excluding carboxylic acids is 1. The van der Waals surface area contributed by atoms with Gasteiger partial charge in [-0.05, 0) is 19.3 Å². The Hall–Kier alpha value is -0.570. The van der Waals surface area contributed by atoms with Crippen molar-refractivity contribution >= 4 is 5.97 Å². The normalized spacial score (nSPS) is 12.3. The summed E-state index contributed by atoms with van der Waals surface area (Å²) in [7, 11) is 3.32. The SMILES string of the molecule is CCCCCC(CCCCCCCCCCCC(=O)OC)OC. The van der Waals surface area contributed by atoms with Crippen LogP contribution in [-0.2, 0) is 14.3 Å². The molecule has 23 heavy (non-hydrogen) atoms. The lowest BCUT2D eigenvalue weighted by Crippen LogP contribution is -2.10. The Kier molecular flexibility index (Phi) is 17.3. The predicted octanol–water partition coefficient (Wildman–Crippen LogP) is 6.05. The van der Waals surface area contributed by atoms with Crippen LogP contribution in [0.2, 0.25) is 0 Å². The molecule has 0 aromatic carbocycles. The molecule has 0 amide bonds. The van der Waals surface area contributed by atoms with E-state index in [9.17, 15) is 4.79 Å². The van der Waals surface area contributed by atoms with E-state index in [1.165, 1.54) is 84.2 Å². The van der Waals surface area contributed by atoms with Crippen LogP contribution in [0.5, 0.6) is 0 Å². The first-order valence-corrected chi connectivity index (χ1v) is 9.84. The van der Waals surface area contributed by atoms with Crippen LogP contribution in [0.1, 0.15) is 103 Å². The second kappa shape index (κ2) is 17.8. The van der Waals surface area contributed by atoms with E-state index in [-0.39, 0.29) is 5.97 Å². The summed E-state index contributed by atoms with van der Waals surface area (Å²) in [6, 6.07) is 0. The van der Waals surface area contributed by atoms with Gasteiger partial charge in [0.2, 0.25) is 0 Å². The van der Waals surface area contributed by atoms with Crippen LogP contribution in [0, 0.1) is 0 Å². The van der Waals surface area contributed by atoms with Crippen LogP contribution >= 0.6 is 0 Å². The van der Waals surface area contributed by atoms with E-state index < -0.39 is 0 Å². The summed E-state index contributed by atoms with van der Waals surface area (Å²) in [5, 5.41) is 0. The maximum absolute atomic E-state index is 11.0. The quantitative estimate of drug-likeness (QED) is 0.241. The number of hydrogen-bond donors (Lipinski definition) is 0. The highest BCUT2D eigenvalue weighted by atomic mass is 16.5. The molecule has 0 radical (unpaired) electrons. The third-order valence-corrected chi connectivity index (χ3v) is 4.60. The molecule has 0 aromatic heterocycles. The van der Waals surface area contributed by atoms with Crippen molar-refractivity contribution in [2.75, 3.05) is 14.2 Å². The minimum absolute atomic E-state index is 0.0749. The molecule has 0 rings (SSSR count). The van der Waals surface area contributed by atoms with Crippen LogP contribution in [0.4, 0.5) is 0 Å². The second-order valence-electron chi connectivity index (χ2n) is 6.65. The molecule has 0 bridgehead atoms. The van der Waals surface area contributed by atoms with E-state index in [0.717, 1.165) is 12.8 Å². The van der Waals surface area contributed by atoms with E-state index in [0.29, 0.717) is 12.5 Å². The topological polar surface area (TPSA) is 35.5 Å². The van der Waals surface area contributed by atoms with Gasteiger partial charge in [0.1, 0.15) is 0 Å². The molecule has 0 aliphatic carbocycles. The van der Waals surface area contributed by atoms with Crippen molar-refractivity contribution in [1.82, 2.24) is 0 Å². The van der Waals surface area contributed by atoms with Crippen molar-refractivity contribution in [2.24, 2.45) is 0 Å². The van der Waals surface area contributed by atoms with Crippen molar-refractivity contribution in [3.05, 3.63) is 0 Å². The summed E-state index contributed by atoms with van der Waals surface area (Å²) < 4.78 is 10.2. The van der Waals surface area contributed by atoms with E-state index in [2.05, 4.69) is 11.7 Å². The molecule has 1 atom stereocenters. The maximum atomic E-state index is 11.0. The lowest BCUT2D eigenvalue weighted by molar-refractivity contribution is -0.140. The Balaban J connectivity index is 3.24. The highest BCUT2D eigenvalue weighted by molar-refractivity contribution is 5.68. The largest absolute Gasteiger partial charge is 0.469 e. The number of hydrogen-bond acceptors (Lipinski definition) is 3. The molecule has 3 heteroatoms. The van der Waals surface area contributed by atoms with Crippen LogP contribution in [0.3, 0.4) is 0 Å². The predicted molar refractivity (Wildman–Crippen MR) is 97.7 cm³/mol. The number of methoxy groups -OCH3 is 2. The van der Waals surface area contributed by atoms with Crippen molar-refractivity contribution in [1.29, 1.82) is 0 Å². The van der Waals surface area contributed by atoms with Crippen molar-refractivity contribution in [3.63, 3.8) is 0 Å². The van der Waals surface area contributed by atoms with Gasteiger partial charge in [-0.15, -0.1) is 0 Å². The fourth-order valence-electron chi connectivity index (χ4n) is 2.98. The number of carbonyl (C=O) groups is 1. The van der Waals surface area contributed by atoms with Crippen LogP contribution in [0.15, 0.2) is 0 Å². The molecule has 3 nitrogen and oxygen atoms in total. The molecule has 0 N–H and O–H groups in total. The first-order valence-electron chi connectivity index (χ1n) is 9.84. The van der Waals surface area contributed by atoms with E-state index in [4.69, 9.17) is 4.74 Å². The fourth-order valence-corrected chi connectivity index (χ4v) is 2.98. The summed E-state index contributed by atoms with van der Waals surface area (Å²) in [6.07, 6.45) is 18.8. The van der Waals surface area contributed by atoms with E-state index in [1.54, 1.807) is 0 Å². The van der Waals surface area contributed by atoms with E-state index >= 15 is 0 Å². The standard InChI is InChI=1S/C20H40O3/c1-4-5-13-16-19(22-2)17-14-11-9-7-6-8-10-12-15-18-20(21)23-3/h19H,4-18H2,1-3H3. The van der Waals surface area contributed by atoms with Crippen molar-refractivity contribution < 1.29 is 14.3 Å². The van der Waals surface area contributed by atoms with Crippen LogP contribution < -0.4 is 0 Å². The van der Waals surface area contributed by atoms with E-state index in [1.807, 2.05) is 7.11 Å². The van der Waals surface area contributed by atoms with Crippen LogP contribution in [0.25, 0.3) is 0 Å². The molecule has 0 spiro atoms. The Labute approximate surface area is 144 Å². The third-order valence-electron chi connectivity index (χ3n) is 4.60. The summed E-state index contributed by atoms with van der Waals surface area (Å²) >= 11 is 0. The van der Waals surface area contributed by atoms with Crippen LogP contribution in [-0.4, -0.2) is 26.3 Å². The van der Waals surface area contributed by atoms with Gasteiger partial charge in [-0.25, -0.2) is 0 Å². The lowest BCUT2D eigenvalue weighted by atomic mass is 10.0. The number of rotatable bonds is 17. The first-order chi connectivity index (χ1) is 11.2. The van der Waals surface area contributed by atoms with Gasteiger partial charge in [0.05, 0.1) is 13.2 Å². The van der Waals surface area contributed by atoms with Gasteiger partial charge < -0.3 is 9.47 Å². The lowest BCUT2D eigenvalue weighted by Gasteiger charge is -2.14. The van der Waals surface area contributed by atoms with Crippen molar-refractivity contribution in [3.8, 4) is 0 Å². The van der Waals surface area contributed by atoms with Crippen molar-refractivity contribution in [2.45, 2.75) is 109 Å². The van der Waals surface area contributed by atoms with Gasteiger partial charge >= 0.3 is 5.97 Å².